The van der Waals surface area contributed by atoms with E-state index >= 15 is 0 Å². The highest BCUT2D eigenvalue weighted by molar-refractivity contribution is 7.89. The summed E-state index contributed by atoms with van der Waals surface area (Å²) >= 11 is 0. The molecular weight excluding hydrogens is 252 g/mol. The molecule has 0 amide bonds. The Labute approximate surface area is 109 Å². The van der Waals surface area contributed by atoms with E-state index in [-0.39, 0.29) is 5.75 Å². The van der Waals surface area contributed by atoms with Crippen molar-refractivity contribution in [2.24, 2.45) is 7.05 Å². The lowest BCUT2D eigenvalue weighted by atomic mass is 10.3. The van der Waals surface area contributed by atoms with Crippen LogP contribution in [0.5, 0.6) is 0 Å². The van der Waals surface area contributed by atoms with Gasteiger partial charge in [-0.15, -0.1) is 0 Å². The first kappa shape index (κ1) is 15.1. The predicted octanol–water partition coefficient (Wildman–Crippen LogP) is -0.118. The number of nitrogens with zero attached hydrogens (tertiary/aromatic N) is 2. The van der Waals surface area contributed by atoms with Gasteiger partial charge in [0.25, 0.3) is 0 Å². The molecule has 1 aromatic heterocycles. The van der Waals surface area contributed by atoms with Crippen molar-refractivity contribution in [2.45, 2.75) is 19.8 Å². The molecule has 7 heteroatoms. The first-order valence-corrected chi connectivity index (χ1v) is 7.85. The van der Waals surface area contributed by atoms with E-state index in [2.05, 4.69) is 15.1 Å². The van der Waals surface area contributed by atoms with Crippen LogP contribution in [0.3, 0.4) is 0 Å². The third kappa shape index (κ3) is 5.61. The van der Waals surface area contributed by atoms with Crippen LogP contribution in [0.4, 0.5) is 0 Å². The lowest BCUT2D eigenvalue weighted by Gasteiger charge is -2.07. The summed E-state index contributed by atoms with van der Waals surface area (Å²) in [5.41, 5.74) is 1.02. The van der Waals surface area contributed by atoms with Crippen molar-refractivity contribution in [3.05, 3.63) is 18.0 Å². The zero-order valence-electron chi connectivity index (χ0n) is 11.0. The fourth-order valence-corrected chi connectivity index (χ4v) is 2.70. The normalized spacial score (nSPS) is 11.9. The average Bonchev–Trinajstić information content (AvgIpc) is 2.71. The Kier molecular flexibility index (Phi) is 6.31. The van der Waals surface area contributed by atoms with Crippen molar-refractivity contribution in [3.63, 3.8) is 0 Å². The van der Waals surface area contributed by atoms with Gasteiger partial charge in [0, 0.05) is 31.9 Å². The number of hydrogen-bond donors (Lipinski definition) is 2. The second kappa shape index (κ2) is 7.50. The molecule has 0 atom stereocenters. The van der Waals surface area contributed by atoms with Gasteiger partial charge in [-0.2, -0.15) is 5.10 Å². The molecule has 104 valence electrons. The molecule has 6 nitrogen and oxygen atoms in total. The first-order valence-electron chi connectivity index (χ1n) is 6.20. The van der Waals surface area contributed by atoms with E-state index in [1.54, 1.807) is 10.9 Å². The molecule has 1 rings (SSSR count). The van der Waals surface area contributed by atoms with Gasteiger partial charge >= 0.3 is 0 Å². The van der Waals surface area contributed by atoms with E-state index < -0.39 is 10.0 Å². The summed E-state index contributed by atoms with van der Waals surface area (Å²) in [6, 6.07) is 1.89. The van der Waals surface area contributed by atoms with Gasteiger partial charge in [0.2, 0.25) is 10.0 Å². The summed E-state index contributed by atoms with van der Waals surface area (Å²) < 4.78 is 27.6. The highest BCUT2D eigenvalue weighted by Crippen LogP contribution is 1.97. The lowest BCUT2D eigenvalue weighted by molar-refractivity contribution is 0.574. The second-order valence-electron chi connectivity index (χ2n) is 4.12. The third-order valence-corrected chi connectivity index (χ3v) is 4.11. The number of rotatable bonds is 9. The largest absolute Gasteiger partial charge is 0.317 e. The number of hydrogen-bond acceptors (Lipinski definition) is 4. The predicted molar refractivity (Wildman–Crippen MR) is 71.9 cm³/mol. The van der Waals surface area contributed by atoms with Crippen LogP contribution in [0.15, 0.2) is 12.3 Å². The van der Waals surface area contributed by atoms with Gasteiger partial charge in [0.15, 0.2) is 0 Å². The molecule has 0 aliphatic carbocycles. The van der Waals surface area contributed by atoms with Crippen molar-refractivity contribution < 1.29 is 8.42 Å². The molecule has 0 aliphatic heterocycles. The molecule has 2 N–H and O–H groups in total. The van der Waals surface area contributed by atoms with E-state index in [1.807, 2.05) is 20.0 Å². The monoisotopic (exact) mass is 274 g/mol. The Balaban J connectivity index is 2.23. The lowest BCUT2D eigenvalue weighted by Crippen LogP contribution is -2.30. The smallest absolute Gasteiger partial charge is 0.211 e. The highest BCUT2D eigenvalue weighted by Gasteiger charge is 2.09. The molecule has 18 heavy (non-hydrogen) atoms. The van der Waals surface area contributed by atoms with Gasteiger partial charge in [-0.25, -0.2) is 13.1 Å². The Morgan fingerprint density at radius 3 is 2.78 bits per heavy atom. The SMILES string of the molecule is CCNCCCS(=O)(=O)NCCc1ccnn1C. The zero-order chi connectivity index (χ0) is 13.4. The van der Waals surface area contributed by atoms with Crippen LogP contribution in [0, 0.1) is 0 Å². The van der Waals surface area contributed by atoms with Crippen LogP contribution in [-0.2, 0) is 23.5 Å². The Morgan fingerprint density at radius 1 is 1.39 bits per heavy atom. The molecule has 0 radical (unpaired) electrons. The second-order valence-corrected chi connectivity index (χ2v) is 6.04. The van der Waals surface area contributed by atoms with Crippen LogP contribution >= 0.6 is 0 Å². The van der Waals surface area contributed by atoms with Crippen LogP contribution < -0.4 is 10.0 Å². The molecule has 0 fully saturated rings. The summed E-state index contributed by atoms with van der Waals surface area (Å²) in [7, 11) is -1.30. The summed E-state index contributed by atoms with van der Waals surface area (Å²) in [6.07, 6.45) is 3.00. The van der Waals surface area contributed by atoms with Gasteiger partial charge in [-0.05, 0) is 25.6 Å². The van der Waals surface area contributed by atoms with Crippen molar-refractivity contribution in [1.82, 2.24) is 19.8 Å². The van der Waals surface area contributed by atoms with E-state index in [0.29, 0.717) is 19.4 Å². The minimum Gasteiger partial charge on any atom is -0.317 e. The third-order valence-electron chi connectivity index (χ3n) is 2.64. The van der Waals surface area contributed by atoms with Crippen molar-refractivity contribution in [3.8, 4) is 0 Å². The number of nitrogens with one attached hydrogen (secondary N) is 2. The average molecular weight is 274 g/mol. The van der Waals surface area contributed by atoms with Crippen LogP contribution in [0.1, 0.15) is 19.0 Å². The topological polar surface area (TPSA) is 76.0 Å². The van der Waals surface area contributed by atoms with Crippen molar-refractivity contribution in [1.29, 1.82) is 0 Å². The van der Waals surface area contributed by atoms with Gasteiger partial charge < -0.3 is 5.32 Å². The number of aromatic nitrogens is 2. The van der Waals surface area contributed by atoms with Crippen LogP contribution in [-0.4, -0.2) is 43.6 Å². The van der Waals surface area contributed by atoms with Gasteiger partial charge in [-0.1, -0.05) is 6.92 Å². The highest BCUT2D eigenvalue weighted by atomic mass is 32.2. The molecule has 1 aromatic rings. The van der Waals surface area contributed by atoms with Crippen LogP contribution in [0.2, 0.25) is 0 Å². The van der Waals surface area contributed by atoms with Crippen molar-refractivity contribution >= 4 is 10.0 Å². The maximum Gasteiger partial charge on any atom is 0.211 e. The molecule has 1 heterocycles. The Hall–Kier alpha value is -0.920. The summed E-state index contributed by atoms with van der Waals surface area (Å²) in [5, 5.41) is 7.14. The van der Waals surface area contributed by atoms with E-state index in [1.165, 1.54) is 0 Å². The fourth-order valence-electron chi connectivity index (χ4n) is 1.62. The van der Waals surface area contributed by atoms with Crippen molar-refractivity contribution in [2.75, 3.05) is 25.4 Å². The summed E-state index contributed by atoms with van der Waals surface area (Å²) in [4.78, 5) is 0. The zero-order valence-corrected chi connectivity index (χ0v) is 11.8. The maximum atomic E-state index is 11.6. The maximum absolute atomic E-state index is 11.6. The number of aryl methyl sites for hydroxylation is 1. The Morgan fingerprint density at radius 2 is 2.17 bits per heavy atom. The van der Waals surface area contributed by atoms with E-state index in [0.717, 1.165) is 18.8 Å². The quantitative estimate of drug-likeness (QED) is 0.616. The molecule has 0 aliphatic rings. The number of sulfonamides is 1. The molecular formula is C11H22N4O2S. The summed E-state index contributed by atoms with van der Waals surface area (Å²) in [6.45, 7) is 4.02. The van der Waals surface area contributed by atoms with Gasteiger partial charge in [0.1, 0.15) is 0 Å². The Bertz CT molecular complexity index is 442. The van der Waals surface area contributed by atoms with Gasteiger partial charge in [0.05, 0.1) is 5.75 Å². The minimum atomic E-state index is -3.15. The molecule has 0 bridgehead atoms. The molecule has 0 unspecified atom stereocenters. The van der Waals surface area contributed by atoms with Crippen LogP contribution in [0.25, 0.3) is 0 Å². The first-order chi connectivity index (χ1) is 8.55. The molecule has 0 saturated heterocycles. The van der Waals surface area contributed by atoms with Gasteiger partial charge in [-0.3, -0.25) is 4.68 Å². The summed E-state index contributed by atoms with van der Waals surface area (Å²) in [5.74, 6) is 0.172. The van der Waals surface area contributed by atoms with E-state index in [4.69, 9.17) is 0 Å². The molecule has 0 aromatic carbocycles. The minimum absolute atomic E-state index is 0.172. The standard InChI is InChI=1S/C11H22N4O2S/c1-3-12-7-4-10-18(16,17)14-9-6-11-5-8-13-15(11)2/h5,8,12,14H,3-4,6-7,9-10H2,1-2H3. The fraction of sp³-hybridized carbons (Fsp3) is 0.727. The molecule has 0 saturated carbocycles. The van der Waals surface area contributed by atoms with E-state index in [9.17, 15) is 8.42 Å². The molecule has 0 spiro atoms.